The quantitative estimate of drug-likeness (QED) is 0.0604. The molecule has 48 heavy (non-hydrogen) atoms. The molecule has 0 heterocycles. The van der Waals surface area contributed by atoms with Crippen LogP contribution in [0.3, 0.4) is 0 Å². The van der Waals surface area contributed by atoms with Crippen LogP contribution in [0.25, 0.3) is 0 Å². The molecule has 4 atom stereocenters. The van der Waals surface area contributed by atoms with Gasteiger partial charge in [0.1, 0.15) is 6.10 Å². The van der Waals surface area contributed by atoms with Gasteiger partial charge in [-0.05, 0) is 74.0 Å². The molecule has 1 rings (SSSR count). The highest BCUT2D eigenvalue weighted by Gasteiger charge is 2.31. The van der Waals surface area contributed by atoms with E-state index in [0.717, 1.165) is 32.1 Å². The van der Waals surface area contributed by atoms with Gasteiger partial charge in [-0.15, -0.1) is 0 Å². The number of hydrogen-bond acceptors (Lipinski definition) is 4. The van der Waals surface area contributed by atoms with Gasteiger partial charge in [-0.1, -0.05) is 170 Å². The smallest absolute Gasteiger partial charge is 0.338 e. The maximum absolute atomic E-state index is 13.8. The summed E-state index contributed by atoms with van der Waals surface area (Å²) < 4.78 is 11.7. The average Bonchev–Trinajstić information content (AvgIpc) is 3.07. The van der Waals surface area contributed by atoms with Crippen molar-refractivity contribution < 1.29 is 19.1 Å². The first kappa shape index (κ1) is 44.2. The van der Waals surface area contributed by atoms with E-state index in [4.69, 9.17) is 9.47 Å². The molecule has 0 aliphatic rings. The van der Waals surface area contributed by atoms with Gasteiger partial charge < -0.3 is 9.47 Å². The third kappa shape index (κ3) is 20.0. The topological polar surface area (TPSA) is 52.6 Å². The van der Waals surface area contributed by atoms with Gasteiger partial charge in [-0.3, -0.25) is 4.79 Å². The van der Waals surface area contributed by atoms with Gasteiger partial charge in [0.05, 0.1) is 18.1 Å². The summed E-state index contributed by atoms with van der Waals surface area (Å²) >= 11 is 0. The Morgan fingerprint density at radius 1 is 0.604 bits per heavy atom. The molecule has 0 aromatic heterocycles. The highest BCUT2D eigenvalue weighted by Crippen LogP contribution is 2.39. The summed E-state index contributed by atoms with van der Waals surface area (Å²) in [6.07, 6.45) is 25.4. The Bertz CT molecular complexity index is 920. The number of hydrogen-bond donors (Lipinski definition) is 0. The summed E-state index contributed by atoms with van der Waals surface area (Å²) in [6, 6.07) is 8.30. The fourth-order valence-electron chi connectivity index (χ4n) is 6.79. The molecule has 0 saturated carbocycles. The minimum Gasteiger partial charge on any atom is -0.462 e. The third-order valence-corrected chi connectivity index (χ3v) is 10.3. The Kier molecular flexibility index (Phi) is 25.7. The molecule has 278 valence electrons. The van der Waals surface area contributed by atoms with Gasteiger partial charge in [-0.25, -0.2) is 4.79 Å². The lowest BCUT2D eigenvalue weighted by Gasteiger charge is -2.32. The van der Waals surface area contributed by atoms with Crippen molar-refractivity contribution in [3.8, 4) is 0 Å². The molecule has 4 unspecified atom stereocenters. The summed E-state index contributed by atoms with van der Waals surface area (Å²) in [5.41, 5.74) is 1.94. The van der Waals surface area contributed by atoms with Crippen molar-refractivity contribution in [2.75, 3.05) is 6.61 Å². The first-order chi connectivity index (χ1) is 23.1. The lowest BCUT2D eigenvalue weighted by Crippen LogP contribution is -2.28. The molecule has 1 aromatic carbocycles. The largest absolute Gasteiger partial charge is 0.462 e. The van der Waals surface area contributed by atoms with E-state index in [0.29, 0.717) is 35.8 Å². The van der Waals surface area contributed by atoms with Crippen LogP contribution in [0, 0.1) is 23.7 Å². The highest BCUT2D eigenvalue weighted by atomic mass is 16.5. The number of carbonyl (C=O) groups is 2. The number of ether oxygens (including phenoxy) is 2. The number of benzene rings is 1. The molecule has 0 radical (unpaired) electrons. The maximum atomic E-state index is 13.8. The predicted octanol–water partition coefficient (Wildman–Crippen LogP) is 13.7. The van der Waals surface area contributed by atoms with Crippen molar-refractivity contribution >= 4 is 11.9 Å². The van der Waals surface area contributed by atoms with E-state index in [1.54, 1.807) is 0 Å². The van der Waals surface area contributed by atoms with Crippen molar-refractivity contribution in [3.05, 3.63) is 35.4 Å². The van der Waals surface area contributed by atoms with Gasteiger partial charge in [0.15, 0.2) is 0 Å². The molecule has 4 nitrogen and oxygen atoms in total. The van der Waals surface area contributed by atoms with Crippen molar-refractivity contribution in [2.45, 2.75) is 202 Å². The summed E-state index contributed by atoms with van der Waals surface area (Å²) in [5, 5.41) is 0. The molecule has 0 amide bonds. The summed E-state index contributed by atoms with van der Waals surface area (Å²) in [5.74, 6) is 1.11. The van der Waals surface area contributed by atoms with Crippen LogP contribution in [0.5, 0.6) is 0 Å². The van der Waals surface area contributed by atoms with Crippen molar-refractivity contribution in [3.63, 3.8) is 0 Å². The van der Waals surface area contributed by atoms with E-state index in [9.17, 15) is 9.59 Å². The van der Waals surface area contributed by atoms with E-state index in [1.807, 2.05) is 19.1 Å². The van der Waals surface area contributed by atoms with Gasteiger partial charge >= 0.3 is 11.9 Å². The molecule has 0 N–H and O–H groups in total. The van der Waals surface area contributed by atoms with E-state index < -0.39 is 0 Å². The second kappa shape index (κ2) is 27.9. The monoisotopic (exact) mass is 671 g/mol. The van der Waals surface area contributed by atoms with Crippen LogP contribution in [0.15, 0.2) is 24.3 Å². The van der Waals surface area contributed by atoms with Crippen LogP contribution < -0.4 is 0 Å². The standard InChI is InChI=1S/C44H78O4/c1-9-12-15-18-20-22-25-28-42(38-29-31-39(32-30-38)43(45)47-34-35(4)5)40(26-23-17-14-11-3)33-41(27-24-21-19-16-13-10-2)44(46)48-37(8)36(6)7/h29-32,35-37,40-42H,9-28,33-34H2,1-8H3. The average molecular weight is 671 g/mol. The van der Waals surface area contributed by atoms with Gasteiger partial charge in [-0.2, -0.15) is 0 Å². The van der Waals surface area contributed by atoms with Crippen LogP contribution in [-0.4, -0.2) is 24.6 Å². The fraction of sp³-hybridized carbons (Fsp3) is 0.818. The lowest BCUT2D eigenvalue weighted by atomic mass is 9.74. The SMILES string of the molecule is CCCCCCCCCC(c1ccc(C(=O)OCC(C)C)cc1)C(CCCCCC)CC(CCCCCCCC)C(=O)OC(C)C(C)C. The minimum absolute atomic E-state index is 0.0150. The summed E-state index contributed by atoms with van der Waals surface area (Å²) in [6.45, 7) is 17.7. The molecule has 4 heteroatoms. The van der Waals surface area contributed by atoms with E-state index in [2.05, 4.69) is 60.6 Å². The predicted molar refractivity (Wildman–Crippen MR) is 206 cm³/mol. The van der Waals surface area contributed by atoms with E-state index in [-0.39, 0.29) is 24.0 Å². The Balaban J connectivity index is 3.32. The van der Waals surface area contributed by atoms with E-state index in [1.165, 1.54) is 108 Å². The van der Waals surface area contributed by atoms with Crippen LogP contribution >= 0.6 is 0 Å². The second-order valence-corrected chi connectivity index (χ2v) is 15.6. The molecule has 0 saturated heterocycles. The molecule has 0 aliphatic heterocycles. The van der Waals surface area contributed by atoms with Crippen LogP contribution in [0.4, 0.5) is 0 Å². The highest BCUT2D eigenvalue weighted by molar-refractivity contribution is 5.89. The molecule has 0 bridgehead atoms. The van der Waals surface area contributed by atoms with Crippen LogP contribution in [-0.2, 0) is 14.3 Å². The normalized spacial score (nSPS) is 14.2. The number of unbranched alkanes of at least 4 members (excludes halogenated alkanes) is 14. The number of carbonyl (C=O) groups excluding carboxylic acids is 2. The van der Waals surface area contributed by atoms with Gasteiger partial charge in [0, 0.05) is 0 Å². The summed E-state index contributed by atoms with van der Waals surface area (Å²) in [4.78, 5) is 26.6. The molecule has 0 fully saturated rings. The molecular weight excluding hydrogens is 592 g/mol. The molecule has 0 spiro atoms. The van der Waals surface area contributed by atoms with Crippen molar-refractivity contribution in [1.29, 1.82) is 0 Å². The zero-order valence-electron chi connectivity index (χ0n) is 33.0. The first-order valence-corrected chi connectivity index (χ1v) is 20.6. The second-order valence-electron chi connectivity index (χ2n) is 15.6. The Hall–Kier alpha value is -1.84. The van der Waals surface area contributed by atoms with Crippen LogP contribution in [0.2, 0.25) is 0 Å². The van der Waals surface area contributed by atoms with Crippen LogP contribution in [0.1, 0.15) is 212 Å². The number of rotatable bonds is 30. The molecule has 1 aromatic rings. The molecule has 0 aliphatic carbocycles. The zero-order chi connectivity index (χ0) is 35.6. The third-order valence-electron chi connectivity index (χ3n) is 10.3. The fourth-order valence-corrected chi connectivity index (χ4v) is 6.79. The van der Waals surface area contributed by atoms with Gasteiger partial charge in [0.25, 0.3) is 0 Å². The lowest BCUT2D eigenvalue weighted by molar-refractivity contribution is -0.156. The zero-order valence-corrected chi connectivity index (χ0v) is 33.0. The summed E-state index contributed by atoms with van der Waals surface area (Å²) in [7, 11) is 0. The van der Waals surface area contributed by atoms with E-state index >= 15 is 0 Å². The Morgan fingerprint density at radius 3 is 1.60 bits per heavy atom. The molecular formula is C44H78O4. The number of esters is 2. The Labute approximate surface area is 298 Å². The minimum atomic E-state index is -0.240. The van der Waals surface area contributed by atoms with Crippen molar-refractivity contribution in [1.82, 2.24) is 0 Å². The van der Waals surface area contributed by atoms with Gasteiger partial charge in [0.2, 0.25) is 0 Å². The van der Waals surface area contributed by atoms with Crippen molar-refractivity contribution in [2.24, 2.45) is 23.7 Å². The first-order valence-electron chi connectivity index (χ1n) is 20.6. The maximum Gasteiger partial charge on any atom is 0.338 e. The Morgan fingerprint density at radius 2 is 1.08 bits per heavy atom.